The van der Waals surface area contributed by atoms with Crippen molar-refractivity contribution in [2.75, 3.05) is 34.1 Å². The molecule has 0 aromatic heterocycles. The van der Waals surface area contributed by atoms with Gasteiger partial charge < -0.3 is 33.9 Å². The number of rotatable bonds is 8. The normalized spacial score (nSPS) is 26.9. The van der Waals surface area contributed by atoms with E-state index in [9.17, 15) is 9.59 Å². The van der Waals surface area contributed by atoms with Gasteiger partial charge in [0.25, 0.3) is 0 Å². The van der Waals surface area contributed by atoms with Crippen molar-refractivity contribution in [2.24, 2.45) is 11.8 Å². The van der Waals surface area contributed by atoms with Crippen molar-refractivity contribution in [3.63, 3.8) is 0 Å². The summed E-state index contributed by atoms with van der Waals surface area (Å²) >= 11 is 0. The summed E-state index contributed by atoms with van der Waals surface area (Å²) in [4.78, 5) is 28.5. The van der Waals surface area contributed by atoms with E-state index in [2.05, 4.69) is 5.32 Å². The van der Waals surface area contributed by atoms with E-state index in [1.54, 1.807) is 19.1 Å². The van der Waals surface area contributed by atoms with Crippen LogP contribution in [0.25, 0.3) is 0 Å². The maximum absolute atomic E-state index is 13.5. The molecule has 36 heavy (non-hydrogen) atoms. The number of carbonyl (C=O) groups is 2. The second-order valence-electron chi connectivity index (χ2n) is 9.51. The number of hydrogen-bond donors (Lipinski definition) is 1. The highest BCUT2D eigenvalue weighted by Crippen LogP contribution is 2.52. The van der Waals surface area contributed by atoms with E-state index in [-0.39, 0.29) is 24.7 Å². The van der Waals surface area contributed by atoms with E-state index in [4.69, 9.17) is 23.7 Å². The van der Waals surface area contributed by atoms with Crippen LogP contribution in [0.5, 0.6) is 23.0 Å². The predicted octanol–water partition coefficient (Wildman–Crippen LogP) is 2.07. The van der Waals surface area contributed by atoms with Crippen LogP contribution >= 0.6 is 0 Å². The Morgan fingerprint density at radius 1 is 1.08 bits per heavy atom. The van der Waals surface area contributed by atoms with Crippen LogP contribution in [-0.4, -0.2) is 62.5 Å². The highest BCUT2D eigenvalue weighted by Gasteiger charge is 2.66. The number of fused-ring (bicyclic) bond motifs is 2. The zero-order valence-electron chi connectivity index (χ0n) is 20.2. The van der Waals surface area contributed by atoms with Crippen molar-refractivity contribution in [1.82, 2.24) is 10.2 Å². The summed E-state index contributed by atoms with van der Waals surface area (Å²) in [6.45, 7) is 1.49. The van der Waals surface area contributed by atoms with Crippen molar-refractivity contribution < 1.29 is 33.3 Å². The first-order chi connectivity index (χ1) is 17.5. The molecule has 188 valence electrons. The lowest BCUT2D eigenvalue weighted by Gasteiger charge is -2.23. The predicted molar refractivity (Wildman–Crippen MR) is 128 cm³/mol. The molecule has 2 saturated heterocycles. The third-order valence-electron chi connectivity index (χ3n) is 7.45. The molecule has 6 rings (SSSR count). The molecule has 9 heteroatoms. The monoisotopic (exact) mass is 492 g/mol. The molecule has 0 radical (unpaired) electrons. The molecule has 4 aliphatic heterocycles. The van der Waals surface area contributed by atoms with Crippen LogP contribution in [0.2, 0.25) is 0 Å². The van der Waals surface area contributed by atoms with E-state index >= 15 is 0 Å². The fourth-order valence-electron chi connectivity index (χ4n) is 5.76. The van der Waals surface area contributed by atoms with Gasteiger partial charge in [-0.05, 0) is 41.8 Å². The Morgan fingerprint density at radius 2 is 1.89 bits per heavy atom. The van der Waals surface area contributed by atoms with Crippen LogP contribution in [0.1, 0.15) is 11.1 Å². The summed E-state index contributed by atoms with van der Waals surface area (Å²) in [6.07, 6.45) is 4.13. The fourth-order valence-corrected chi connectivity index (χ4v) is 5.76. The Labute approximate surface area is 208 Å². The molecular formula is C27H28N2O7. The van der Waals surface area contributed by atoms with E-state index in [1.807, 2.05) is 48.6 Å². The summed E-state index contributed by atoms with van der Waals surface area (Å²) in [5.41, 5.74) is 1.21. The molecule has 4 aliphatic rings. The Balaban J connectivity index is 1.12. The lowest BCUT2D eigenvalue weighted by Crippen LogP contribution is -2.44. The molecule has 2 aromatic carbocycles. The number of ether oxygens (including phenoxy) is 5. The van der Waals surface area contributed by atoms with Gasteiger partial charge in [-0.3, -0.25) is 9.59 Å². The average molecular weight is 493 g/mol. The van der Waals surface area contributed by atoms with Gasteiger partial charge in [-0.25, -0.2) is 0 Å². The van der Waals surface area contributed by atoms with Gasteiger partial charge in [0.05, 0.1) is 38.7 Å². The third-order valence-corrected chi connectivity index (χ3v) is 7.45. The zero-order valence-corrected chi connectivity index (χ0v) is 20.2. The number of carbonyl (C=O) groups excluding carboxylic acids is 2. The lowest BCUT2D eigenvalue weighted by molar-refractivity contribution is -0.137. The molecular weight excluding hydrogens is 464 g/mol. The van der Waals surface area contributed by atoms with Crippen molar-refractivity contribution in [3.05, 3.63) is 59.7 Å². The SMILES string of the molecule is COc1ccc(CCNC(=O)C2[C@@H]3C=C[C@@]4(CN(Cc5ccc6c(c5)OCO6)C(=O)[C@@H]24)O3)cc1OC. The fraction of sp³-hybridized carbons (Fsp3) is 0.407. The van der Waals surface area contributed by atoms with Crippen molar-refractivity contribution >= 4 is 11.8 Å². The van der Waals surface area contributed by atoms with Gasteiger partial charge in [0.15, 0.2) is 23.0 Å². The summed E-state index contributed by atoms with van der Waals surface area (Å²) < 4.78 is 27.7. The standard InChI is InChI=1S/C27H28N2O7/c1-32-18-5-3-16(11-21(18)33-2)8-10-28-25(30)23-20-7-9-27(36-20)14-29(26(31)24(23)27)13-17-4-6-19-22(12-17)35-15-34-19/h3-7,9,11-12,20,23-24H,8,10,13-15H2,1-2H3,(H,28,30)/t20-,23?,24+,27-/m0/s1. The van der Waals surface area contributed by atoms with Gasteiger partial charge in [-0.1, -0.05) is 24.3 Å². The number of likely N-dealkylation sites (tertiary alicyclic amines) is 1. The van der Waals surface area contributed by atoms with Crippen LogP contribution in [0, 0.1) is 11.8 Å². The van der Waals surface area contributed by atoms with Gasteiger partial charge in [-0.2, -0.15) is 0 Å². The summed E-state index contributed by atoms with van der Waals surface area (Å²) in [5.74, 6) is 1.41. The quantitative estimate of drug-likeness (QED) is 0.564. The highest BCUT2D eigenvalue weighted by atomic mass is 16.7. The molecule has 0 aliphatic carbocycles. The van der Waals surface area contributed by atoms with Crippen molar-refractivity contribution in [3.8, 4) is 23.0 Å². The van der Waals surface area contributed by atoms with Gasteiger partial charge in [0.2, 0.25) is 18.6 Å². The van der Waals surface area contributed by atoms with E-state index in [0.717, 1.165) is 11.1 Å². The number of methoxy groups -OCH3 is 2. The first-order valence-electron chi connectivity index (χ1n) is 12.0. The number of hydrogen-bond acceptors (Lipinski definition) is 7. The van der Waals surface area contributed by atoms with Gasteiger partial charge in [-0.15, -0.1) is 0 Å². The zero-order chi connectivity index (χ0) is 24.9. The molecule has 2 fully saturated rings. The largest absolute Gasteiger partial charge is 0.493 e. The maximum Gasteiger partial charge on any atom is 0.231 e. The van der Waals surface area contributed by atoms with E-state index in [0.29, 0.717) is 49.1 Å². The van der Waals surface area contributed by atoms with E-state index < -0.39 is 17.4 Å². The number of nitrogens with one attached hydrogen (secondary N) is 1. The molecule has 4 heterocycles. The van der Waals surface area contributed by atoms with Crippen molar-refractivity contribution in [2.45, 2.75) is 24.7 Å². The number of benzene rings is 2. The summed E-state index contributed by atoms with van der Waals surface area (Å²) in [7, 11) is 3.19. The number of amides is 2. The Bertz CT molecular complexity index is 1240. The Hall–Kier alpha value is -3.72. The van der Waals surface area contributed by atoms with Gasteiger partial charge in [0.1, 0.15) is 5.60 Å². The number of nitrogens with zero attached hydrogens (tertiary/aromatic N) is 1. The highest BCUT2D eigenvalue weighted by molar-refractivity contribution is 5.93. The minimum absolute atomic E-state index is 0.0560. The molecule has 1 spiro atoms. The minimum Gasteiger partial charge on any atom is -0.493 e. The van der Waals surface area contributed by atoms with Crippen LogP contribution in [-0.2, 0) is 27.3 Å². The lowest BCUT2D eigenvalue weighted by atomic mass is 9.77. The molecule has 4 atom stereocenters. The maximum atomic E-state index is 13.5. The molecule has 2 aromatic rings. The third kappa shape index (κ3) is 3.65. The molecule has 0 saturated carbocycles. The van der Waals surface area contributed by atoms with E-state index in [1.165, 1.54) is 0 Å². The molecule has 9 nitrogen and oxygen atoms in total. The summed E-state index contributed by atoms with van der Waals surface area (Å²) in [6, 6.07) is 11.4. The second-order valence-corrected chi connectivity index (χ2v) is 9.51. The summed E-state index contributed by atoms with van der Waals surface area (Å²) in [5, 5.41) is 3.02. The molecule has 2 amide bonds. The molecule has 1 N–H and O–H groups in total. The minimum atomic E-state index is -0.747. The van der Waals surface area contributed by atoms with Crippen LogP contribution in [0.3, 0.4) is 0 Å². The Kier molecular flexibility index (Phi) is 5.52. The molecule has 2 bridgehead atoms. The average Bonchev–Trinajstić information content (AvgIpc) is 3.65. The second kappa shape index (κ2) is 8.74. The topological polar surface area (TPSA) is 95.6 Å². The van der Waals surface area contributed by atoms with Crippen molar-refractivity contribution in [1.29, 1.82) is 0 Å². The first kappa shape index (κ1) is 22.7. The van der Waals surface area contributed by atoms with Crippen LogP contribution < -0.4 is 24.3 Å². The molecule has 1 unspecified atom stereocenters. The Morgan fingerprint density at radius 3 is 2.72 bits per heavy atom. The first-order valence-corrected chi connectivity index (χ1v) is 12.0. The van der Waals surface area contributed by atoms with Crippen LogP contribution in [0.4, 0.5) is 0 Å². The van der Waals surface area contributed by atoms with Gasteiger partial charge in [0, 0.05) is 13.1 Å². The smallest absolute Gasteiger partial charge is 0.231 e. The van der Waals surface area contributed by atoms with Gasteiger partial charge >= 0.3 is 0 Å². The van der Waals surface area contributed by atoms with Crippen LogP contribution in [0.15, 0.2) is 48.6 Å².